The largest absolute Gasteiger partial charge is 0.493 e. The van der Waals surface area contributed by atoms with Crippen molar-refractivity contribution in [3.63, 3.8) is 0 Å². The Hall–Kier alpha value is -1.55. The van der Waals surface area contributed by atoms with E-state index in [1.54, 1.807) is 4.90 Å². The van der Waals surface area contributed by atoms with Crippen LogP contribution in [0.5, 0.6) is 5.75 Å². The van der Waals surface area contributed by atoms with E-state index in [1.165, 1.54) is 0 Å². The standard InChI is InChI=1S/C15H24N2O2/c1-3-5-11-17(12-10-16)15(18)13-8-6-7-9-14(13)19-4-2/h6-9H,3-5,10-12,16H2,1-2H3. The van der Waals surface area contributed by atoms with Gasteiger partial charge in [0, 0.05) is 19.6 Å². The Balaban J connectivity index is 2.88. The molecule has 0 unspecified atom stereocenters. The fourth-order valence-electron chi connectivity index (χ4n) is 1.91. The Morgan fingerprint density at radius 1 is 1.26 bits per heavy atom. The van der Waals surface area contributed by atoms with E-state index in [0.29, 0.717) is 31.0 Å². The fourth-order valence-corrected chi connectivity index (χ4v) is 1.91. The minimum absolute atomic E-state index is 0.00273. The zero-order chi connectivity index (χ0) is 14.1. The van der Waals surface area contributed by atoms with Crippen LogP contribution in [-0.4, -0.2) is 37.0 Å². The zero-order valence-electron chi connectivity index (χ0n) is 11.9. The smallest absolute Gasteiger partial charge is 0.257 e. The summed E-state index contributed by atoms with van der Waals surface area (Å²) in [4.78, 5) is 14.3. The number of hydrogen-bond acceptors (Lipinski definition) is 3. The molecule has 106 valence electrons. The highest BCUT2D eigenvalue weighted by Crippen LogP contribution is 2.20. The third-order valence-electron chi connectivity index (χ3n) is 2.89. The topological polar surface area (TPSA) is 55.6 Å². The Morgan fingerprint density at radius 3 is 2.63 bits per heavy atom. The Labute approximate surface area is 115 Å². The van der Waals surface area contributed by atoms with Crippen molar-refractivity contribution >= 4 is 5.91 Å². The van der Waals surface area contributed by atoms with Gasteiger partial charge in [-0.25, -0.2) is 0 Å². The lowest BCUT2D eigenvalue weighted by atomic mass is 10.1. The summed E-state index contributed by atoms with van der Waals surface area (Å²) in [6.45, 7) is 6.38. The highest BCUT2D eigenvalue weighted by atomic mass is 16.5. The lowest BCUT2D eigenvalue weighted by molar-refractivity contribution is 0.0754. The predicted octanol–water partition coefficient (Wildman–Crippen LogP) is 2.29. The molecule has 1 rings (SSSR count). The molecule has 0 radical (unpaired) electrons. The van der Waals surface area contributed by atoms with Crippen molar-refractivity contribution in [3.8, 4) is 5.75 Å². The summed E-state index contributed by atoms with van der Waals surface area (Å²) in [5.74, 6) is 0.650. The maximum atomic E-state index is 12.5. The van der Waals surface area contributed by atoms with Gasteiger partial charge in [0.25, 0.3) is 5.91 Å². The van der Waals surface area contributed by atoms with E-state index in [2.05, 4.69) is 6.92 Å². The number of carbonyl (C=O) groups is 1. The van der Waals surface area contributed by atoms with Crippen LogP contribution in [0.15, 0.2) is 24.3 Å². The summed E-state index contributed by atoms with van der Waals surface area (Å²) in [6, 6.07) is 7.37. The lowest BCUT2D eigenvalue weighted by Crippen LogP contribution is -2.36. The minimum atomic E-state index is 0.00273. The third-order valence-corrected chi connectivity index (χ3v) is 2.89. The molecule has 4 nitrogen and oxygen atoms in total. The number of carbonyl (C=O) groups excluding carboxylic acids is 1. The Bertz CT molecular complexity index is 393. The zero-order valence-corrected chi connectivity index (χ0v) is 11.9. The van der Waals surface area contributed by atoms with Crippen molar-refractivity contribution in [1.29, 1.82) is 0 Å². The van der Waals surface area contributed by atoms with E-state index in [0.717, 1.165) is 19.4 Å². The molecule has 1 amide bonds. The first-order valence-electron chi connectivity index (χ1n) is 6.95. The van der Waals surface area contributed by atoms with Crippen molar-refractivity contribution in [2.45, 2.75) is 26.7 Å². The quantitative estimate of drug-likeness (QED) is 0.783. The van der Waals surface area contributed by atoms with Crippen LogP contribution >= 0.6 is 0 Å². The van der Waals surface area contributed by atoms with Crippen LogP contribution in [0.4, 0.5) is 0 Å². The number of rotatable bonds is 8. The monoisotopic (exact) mass is 264 g/mol. The van der Waals surface area contributed by atoms with Gasteiger partial charge in [0.2, 0.25) is 0 Å². The second kappa shape index (κ2) is 8.53. The number of hydrogen-bond donors (Lipinski definition) is 1. The van der Waals surface area contributed by atoms with Crippen molar-refractivity contribution in [3.05, 3.63) is 29.8 Å². The molecule has 4 heteroatoms. The van der Waals surface area contributed by atoms with Crippen LogP contribution in [0.25, 0.3) is 0 Å². The molecule has 0 aliphatic rings. The first kappa shape index (κ1) is 15.5. The number of nitrogens with two attached hydrogens (primary N) is 1. The summed E-state index contributed by atoms with van der Waals surface area (Å²) in [5, 5.41) is 0. The molecule has 0 aliphatic carbocycles. The number of nitrogens with zero attached hydrogens (tertiary/aromatic N) is 1. The Kier molecular flexibility index (Phi) is 6.97. The van der Waals surface area contributed by atoms with E-state index in [1.807, 2.05) is 31.2 Å². The molecular formula is C15H24N2O2. The highest BCUT2D eigenvalue weighted by molar-refractivity contribution is 5.96. The summed E-state index contributed by atoms with van der Waals surface area (Å²) in [6.07, 6.45) is 2.05. The lowest BCUT2D eigenvalue weighted by Gasteiger charge is -2.23. The summed E-state index contributed by atoms with van der Waals surface area (Å²) in [7, 11) is 0. The van der Waals surface area contributed by atoms with Crippen molar-refractivity contribution in [1.82, 2.24) is 4.90 Å². The summed E-state index contributed by atoms with van der Waals surface area (Å²) < 4.78 is 5.51. The maximum Gasteiger partial charge on any atom is 0.257 e. The third kappa shape index (κ3) is 4.56. The molecule has 0 heterocycles. The van der Waals surface area contributed by atoms with Crippen LogP contribution in [0.2, 0.25) is 0 Å². The fraction of sp³-hybridized carbons (Fsp3) is 0.533. The molecule has 0 fully saturated rings. The van der Waals surface area contributed by atoms with Gasteiger partial charge in [-0.2, -0.15) is 0 Å². The molecule has 0 saturated heterocycles. The van der Waals surface area contributed by atoms with Gasteiger partial charge in [-0.1, -0.05) is 25.5 Å². The van der Waals surface area contributed by atoms with Gasteiger partial charge in [0.15, 0.2) is 0 Å². The van der Waals surface area contributed by atoms with Gasteiger partial charge in [-0.05, 0) is 25.5 Å². The van der Waals surface area contributed by atoms with Gasteiger partial charge in [0.05, 0.1) is 12.2 Å². The van der Waals surface area contributed by atoms with E-state index >= 15 is 0 Å². The number of unbranched alkanes of at least 4 members (excludes halogenated alkanes) is 1. The van der Waals surface area contributed by atoms with Crippen molar-refractivity contribution in [2.75, 3.05) is 26.2 Å². The van der Waals surface area contributed by atoms with Crippen molar-refractivity contribution < 1.29 is 9.53 Å². The summed E-state index contributed by atoms with van der Waals surface area (Å²) >= 11 is 0. The number of ether oxygens (including phenoxy) is 1. The van der Waals surface area contributed by atoms with E-state index in [-0.39, 0.29) is 5.91 Å². The van der Waals surface area contributed by atoms with Gasteiger partial charge in [-0.3, -0.25) is 4.79 Å². The van der Waals surface area contributed by atoms with E-state index < -0.39 is 0 Å². The molecule has 0 spiro atoms. The summed E-state index contributed by atoms with van der Waals surface area (Å²) in [5.41, 5.74) is 6.21. The van der Waals surface area contributed by atoms with E-state index in [4.69, 9.17) is 10.5 Å². The van der Waals surface area contributed by atoms with Gasteiger partial charge < -0.3 is 15.4 Å². The highest BCUT2D eigenvalue weighted by Gasteiger charge is 2.18. The number of amides is 1. The van der Waals surface area contributed by atoms with E-state index in [9.17, 15) is 4.79 Å². The predicted molar refractivity (Wildman–Crippen MR) is 77.5 cm³/mol. The van der Waals surface area contributed by atoms with Crippen LogP contribution in [0.3, 0.4) is 0 Å². The molecule has 0 bridgehead atoms. The molecule has 0 saturated carbocycles. The van der Waals surface area contributed by atoms with Crippen molar-refractivity contribution in [2.24, 2.45) is 5.73 Å². The van der Waals surface area contributed by atoms with Gasteiger partial charge in [-0.15, -0.1) is 0 Å². The van der Waals surface area contributed by atoms with Crippen LogP contribution in [-0.2, 0) is 0 Å². The Morgan fingerprint density at radius 2 is 2.00 bits per heavy atom. The van der Waals surface area contributed by atoms with Crippen LogP contribution in [0.1, 0.15) is 37.0 Å². The molecule has 19 heavy (non-hydrogen) atoms. The normalized spacial score (nSPS) is 10.3. The SMILES string of the molecule is CCCCN(CCN)C(=O)c1ccccc1OCC. The molecule has 1 aromatic carbocycles. The average Bonchev–Trinajstić information content (AvgIpc) is 2.44. The molecule has 0 atom stereocenters. The molecular weight excluding hydrogens is 240 g/mol. The molecule has 1 aromatic rings. The second-order valence-corrected chi connectivity index (χ2v) is 4.36. The molecule has 0 aliphatic heterocycles. The molecule has 0 aromatic heterocycles. The van der Waals surface area contributed by atoms with Crippen LogP contribution < -0.4 is 10.5 Å². The second-order valence-electron chi connectivity index (χ2n) is 4.36. The first-order valence-corrected chi connectivity index (χ1v) is 6.95. The van der Waals surface area contributed by atoms with Crippen LogP contribution in [0, 0.1) is 0 Å². The number of benzene rings is 1. The minimum Gasteiger partial charge on any atom is -0.493 e. The van der Waals surface area contributed by atoms with Gasteiger partial charge >= 0.3 is 0 Å². The molecule has 2 N–H and O–H groups in total. The average molecular weight is 264 g/mol. The first-order chi connectivity index (χ1) is 9.24. The maximum absolute atomic E-state index is 12.5. The number of para-hydroxylation sites is 1. The van der Waals surface area contributed by atoms with Gasteiger partial charge in [0.1, 0.15) is 5.75 Å².